The summed E-state index contributed by atoms with van der Waals surface area (Å²) in [5.74, 6) is -0.677. The highest BCUT2D eigenvalue weighted by atomic mass is 32.1. The molecule has 104 valence electrons. The third kappa shape index (κ3) is 3.32. The van der Waals surface area contributed by atoms with Crippen molar-refractivity contribution in [2.45, 2.75) is 45.6 Å². The lowest BCUT2D eigenvalue weighted by Crippen LogP contribution is -2.14. The summed E-state index contributed by atoms with van der Waals surface area (Å²) in [4.78, 5) is 27.9. The Morgan fingerprint density at radius 3 is 2.68 bits per heavy atom. The maximum Gasteiger partial charge on any atom is 0.358 e. The molecule has 0 aliphatic heterocycles. The van der Waals surface area contributed by atoms with Crippen LogP contribution in [0.15, 0.2) is 0 Å². The van der Waals surface area contributed by atoms with Crippen molar-refractivity contribution >= 4 is 28.2 Å². The molecule has 1 aliphatic carbocycles. The highest BCUT2D eigenvalue weighted by Crippen LogP contribution is 2.28. The number of carbonyl (C=O) groups excluding carboxylic acids is 2. The van der Waals surface area contributed by atoms with Crippen LogP contribution in [0, 0.1) is 0 Å². The number of nitrogens with one attached hydrogen (secondary N) is 1. The first-order valence-corrected chi connectivity index (χ1v) is 7.39. The molecule has 0 unspecified atom stereocenters. The smallest absolute Gasteiger partial charge is 0.358 e. The summed E-state index contributed by atoms with van der Waals surface area (Å²) in [5.41, 5.74) is 0.139. The van der Waals surface area contributed by atoms with Crippen LogP contribution in [0.5, 0.6) is 0 Å². The SMILES string of the molecule is CCOC(=O)c1nc(NC2CCCC2)sc1C(C)=O. The molecule has 0 atom stereocenters. The molecule has 19 heavy (non-hydrogen) atoms. The van der Waals surface area contributed by atoms with Gasteiger partial charge in [0.1, 0.15) is 4.88 Å². The summed E-state index contributed by atoms with van der Waals surface area (Å²) in [6, 6.07) is 0.404. The van der Waals surface area contributed by atoms with Crippen LogP contribution in [-0.2, 0) is 4.74 Å². The van der Waals surface area contributed by atoms with Gasteiger partial charge in [-0.15, -0.1) is 0 Å². The molecule has 5 nitrogen and oxygen atoms in total. The lowest BCUT2D eigenvalue weighted by Gasteiger charge is -2.09. The number of Topliss-reactive ketones (excluding diaryl/α,β-unsaturated/α-hetero) is 1. The number of ketones is 1. The lowest BCUT2D eigenvalue weighted by atomic mass is 10.3. The molecular formula is C13H18N2O3S. The molecule has 1 aromatic heterocycles. The van der Waals surface area contributed by atoms with Crippen molar-refractivity contribution in [2.75, 3.05) is 11.9 Å². The molecule has 0 saturated heterocycles. The number of nitrogens with zero attached hydrogens (tertiary/aromatic N) is 1. The minimum atomic E-state index is -0.525. The van der Waals surface area contributed by atoms with Crippen LogP contribution in [-0.4, -0.2) is 29.4 Å². The molecule has 0 amide bonds. The summed E-state index contributed by atoms with van der Waals surface area (Å²) >= 11 is 1.24. The zero-order chi connectivity index (χ0) is 13.8. The normalized spacial score (nSPS) is 15.5. The van der Waals surface area contributed by atoms with Gasteiger partial charge in [0.25, 0.3) is 0 Å². The molecule has 0 radical (unpaired) electrons. The number of carbonyl (C=O) groups is 2. The Labute approximate surface area is 116 Å². The van der Waals surface area contributed by atoms with E-state index in [0.29, 0.717) is 16.1 Å². The van der Waals surface area contributed by atoms with Crippen molar-refractivity contribution in [3.05, 3.63) is 10.6 Å². The van der Waals surface area contributed by atoms with Crippen LogP contribution in [0.4, 0.5) is 5.13 Å². The molecule has 0 bridgehead atoms. The van der Waals surface area contributed by atoms with E-state index in [-0.39, 0.29) is 18.1 Å². The van der Waals surface area contributed by atoms with E-state index in [1.54, 1.807) is 6.92 Å². The quantitative estimate of drug-likeness (QED) is 0.664. The Bertz CT molecular complexity index is 478. The van der Waals surface area contributed by atoms with E-state index < -0.39 is 5.97 Å². The monoisotopic (exact) mass is 282 g/mol. The van der Waals surface area contributed by atoms with Gasteiger partial charge in [-0.05, 0) is 19.8 Å². The predicted octanol–water partition coefficient (Wildman–Crippen LogP) is 2.88. The number of esters is 1. The van der Waals surface area contributed by atoms with Crippen LogP contribution < -0.4 is 5.32 Å². The van der Waals surface area contributed by atoms with Crippen molar-refractivity contribution in [3.63, 3.8) is 0 Å². The zero-order valence-corrected chi connectivity index (χ0v) is 12.0. The van der Waals surface area contributed by atoms with Crippen LogP contribution in [0.2, 0.25) is 0 Å². The molecular weight excluding hydrogens is 264 g/mol. The maximum absolute atomic E-state index is 11.8. The molecule has 1 heterocycles. The van der Waals surface area contributed by atoms with Gasteiger partial charge in [-0.2, -0.15) is 0 Å². The van der Waals surface area contributed by atoms with Crippen LogP contribution >= 0.6 is 11.3 Å². The number of thiazole rings is 1. The van der Waals surface area contributed by atoms with Crippen molar-refractivity contribution in [2.24, 2.45) is 0 Å². The fraction of sp³-hybridized carbons (Fsp3) is 0.615. The number of ether oxygens (including phenoxy) is 1. The molecule has 0 spiro atoms. The first-order chi connectivity index (χ1) is 9.11. The summed E-state index contributed by atoms with van der Waals surface area (Å²) in [6.45, 7) is 3.45. The Morgan fingerprint density at radius 2 is 2.11 bits per heavy atom. The van der Waals surface area contributed by atoms with Crippen LogP contribution in [0.1, 0.15) is 59.7 Å². The third-order valence-electron chi connectivity index (χ3n) is 3.10. The summed E-state index contributed by atoms with van der Waals surface area (Å²) in [5, 5.41) is 3.94. The average molecular weight is 282 g/mol. The van der Waals surface area contributed by atoms with Crippen molar-refractivity contribution in [1.29, 1.82) is 0 Å². The van der Waals surface area contributed by atoms with E-state index in [1.165, 1.54) is 31.1 Å². The van der Waals surface area contributed by atoms with Crippen molar-refractivity contribution < 1.29 is 14.3 Å². The Kier molecular flexibility index (Phi) is 4.52. The topological polar surface area (TPSA) is 68.3 Å². The van der Waals surface area contributed by atoms with E-state index in [9.17, 15) is 9.59 Å². The van der Waals surface area contributed by atoms with Gasteiger partial charge in [-0.3, -0.25) is 4.79 Å². The Morgan fingerprint density at radius 1 is 1.42 bits per heavy atom. The fourth-order valence-electron chi connectivity index (χ4n) is 2.20. The number of hydrogen-bond donors (Lipinski definition) is 1. The van der Waals surface area contributed by atoms with Gasteiger partial charge >= 0.3 is 5.97 Å². The highest BCUT2D eigenvalue weighted by Gasteiger charge is 2.24. The second kappa shape index (κ2) is 6.14. The maximum atomic E-state index is 11.8. The molecule has 1 fully saturated rings. The van der Waals surface area contributed by atoms with Gasteiger partial charge in [0.15, 0.2) is 16.6 Å². The summed E-state index contributed by atoms with van der Waals surface area (Å²) < 4.78 is 4.93. The van der Waals surface area contributed by atoms with E-state index in [0.717, 1.165) is 12.8 Å². The largest absolute Gasteiger partial charge is 0.461 e. The Balaban J connectivity index is 2.18. The lowest BCUT2D eigenvalue weighted by molar-refractivity contribution is 0.0517. The highest BCUT2D eigenvalue weighted by molar-refractivity contribution is 7.17. The van der Waals surface area contributed by atoms with Crippen LogP contribution in [0.3, 0.4) is 0 Å². The minimum Gasteiger partial charge on any atom is -0.461 e. The summed E-state index contributed by atoms with van der Waals surface area (Å²) in [6.07, 6.45) is 4.66. The molecule has 1 aromatic rings. The van der Waals surface area contributed by atoms with E-state index >= 15 is 0 Å². The third-order valence-corrected chi connectivity index (χ3v) is 4.19. The number of anilines is 1. The number of aromatic nitrogens is 1. The van der Waals surface area contributed by atoms with Crippen molar-refractivity contribution in [1.82, 2.24) is 4.98 Å². The first-order valence-electron chi connectivity index (χ1n) is 6.57. The average Bonchev–Trinajstić information content (AvgIpc) is 2.99. The van der Waals surface area contributed by atoms with Gasteiger partial charge in [0, 0.05) is 13.0 Å². The first kappa shape index (κ1) is 14.0. The molecule has 0 aromatic carbocycles. The van der Waals surface area contributed by atoms with Gasteiger partial charge in [0.2, 0.25) is 0 Å². The predicted molar refractivity (Wildman–Crippen MR) is 74.0 cm³/mol. The van der Waals surface area contributed by atoms with Gasteiger partial charge in [-0.25, -0.2) is 9.78 Å². The molecule has 6 heteroatoms. The minimum absolute atomic E-state index is 0.139. The Hall–Kier alpha value is -1.43. The standard InChI is InChI=1S/C13H18N2O3S/c1-3-18-12(17)10-11(8(2)16)19-13(15-10)14-9-6-4-5-7-9/h9H,3-7H2,1-2H3,(H,14,15). The van der Waals surface area contributed by atoms with Gasteiger partial charge in [-0.1, -0.05) is 24.2 Å². The molecule has 2 rings (SSSR count). The van der Waals surface area contributed by atoms with E-state index in [4.69, 9.17) is 4.74 Å². The summed E-state index contributed by atoms with van der Waals surface area (Å²) in [7, 11) is 0. The van der Waals surface area contributed by atoms with Crippen LogP contribution in [0.25, 0.3) is 0 Å². The molecule has 1 saturated carbocycles. The number of hydrogen-bond acceptors (Lipinski definition) is 6. The van der Waals surface area contributed by atoms with Gasteiger partial charge in [0.05, 0.1) is 6.61 Å². The fourth-order valence-corrected chi connectivity index (χ4v) is 3.13. The zero-order valence-electron chi connectivity index (χ0n) is 11.2. The second-order valence-corrected chi connectivity index (χ2v) is 5.60. The van der Waals surface area contributed by atoms with Crippen molar-refractivity contribution in [3.8, 4) is 0 Å². The van der Waals surface area contributed by atoms with E-state index in [2.05, 4.69) is 10.3 Å². The number of rotatable bonds is 5. The second-order valence-electron chi connectivity index (χ2n) is 4.60. The van der Waals surface area contributed by atoms with E-state index in [1.807, 2.05) is 0 Å². The molecule has 1 N–H and O–H groups in total. The van der Waals surface area contributed by atoms with Gasteiger partial charge < -0.3 is 10.1 Å². The molecule has 1 aliphatic rings.